The largest absolute Gasteiger partial charge is 0.340 e. The lowest BCUT2D eigenvalue weighted by Gasteiger charge is -2.42. The zero-order valence-electron chi connectivity index (χ0n) is 13.2. The van der Waals surface area contributed by atoms with Crippen LogP contribution < -0.4 is 0 Å². The predicted octanol–water partition coefficient (Wildman–Crippen LogP) is 0.467. The molecule has 0 aromatic heterocycles. The molecule has 0 aromatic carbocycles. The van der Waals surface area contributed by atoms with Gasteiger partial charge in [-0.25, -0.2) is 0 Å². The fourth-order valence-corrected chi connectivity index (χ4v) is 3.10. The second kappa shape index (κ2) is 6.45. The van der Waals surface area contributed by atoms with Crippen molar-refractivity contribution >= 4 is 17.7 Å². The van der Waals surface area contributed by atoms with Crippen LogP contribution >= 0.6 is 0 Å². The minimum atomic E-state index is -0.380. The second-order valence-corrected chi connectivity index (χ2v) is 6.02. The Kier molecular flexibility index (Phi) is 4.85. The Labute approximate surface area is 126 Å². The van der Waals surface area contributed by atoms with Gasteiger partial charge in [0.05, 0.1) is 6.54 Å². The number of carbonyl (C=O) groups excluding carboxylic acids is 3. The lowest BCUT2D eigenvalue weighted by atomic mass is 9.99. The molecule has 2 fully saturated rings. The monoisotopic (exact) mass is 295 g/mol. The first kappa shape index (κ1) is 15.8. The number of hydrogen-bond acceptors (Lipinski definition) is 3. The smallest absolute Gasteiger partial charge is 0.245 e. The first-order chi connectivity index (χ1) is 9.95. The van der Waals surface area contributed by atoms with E-state index < -0.39 is 0 Å². The summed E-state index contributed by atoms with van der Waals surface area (Å²) in [5.41, 5.74) is 0. The molecule has 0 radical (unpaired) electrons. The molecule has 6 heteroatoms. The van der Waals surface area contributed by atoms with Gasteiger partial charge in [0.2, 0.25) is 17.7 Å². The van der Waals surface area contributed by atoms with Gasteiger partial charge in [0, 0.05) is 32.6 Å². The van der Waals surface area contributed by atoms with Crippen LogP contribution in [0.1, 0.15) is 39.5 Å². The number of likely N-dealkylation sites (tertiary alicyclic amines) is 1. The highest BCUT2D eigenvalue weighted by Crippen LogP contribution is 2.21. The SMILES string of the molecule is CCC(=O)N1CCCC[C@@H]1C(=O)N1CC(=O)N(C)[C@H](C)C1. The molecule has 2 rings (SSSR count). The summed E-state index contributed by atoms with van der Waals surface area (Å²) < 4.78 is 0. The molecule has 2 aliphatic rings. The molecule has 0 aromatic rings. The molecule has 0 spiro atoms. The van der Waals surface area contributed by atoms with E-state index in [0.717, 1.165) is 12.8 Å². The molecule has 0 aliphatic carbocycles. The molecular formula is C15H25N3O3. The molecule has 2 saturated heterocycles. The van der Waals surface area contributed by atoms with E-state index in [4.69, 9.17) is 0 Å². The maximum Gasteiger partial charge on any atom is 0.245 e. The van der Waals surface area contributed by atoms with Crippen LogP contribution in [0.15, 0.2) is 0 Å². The number of piperidine rings is 1. The number of carbonyl (C=O) groups is 3. The van der Waals surface area contributed by atoms with Crippen molar-refractivity contribution in [2.24, 2.45) is 0 Å². The summed E-state index contributed by atoms with van der Waals surface area (Å²) >= 11 is 0. The Morgan fingerprint density at radius 1 is 1.29 bits per heavy atom. The highest BCUT2D eigenvalue weighted by atomic mass is 16.2. The Balaban J connectivity index is 2.10. The normalized spacial score (nSPS) is 27.0. The van der Waals surface area contributed by atoms with Gasteiger partial charge in [0.1, 0.15) is 6.04 Å². The van der Waals surface area contributed by atoms with Crippen molar-refractivity contribution in [3.8, 4) is 0 Å². The van der Waals surface area contributed by atoms with Gasteiger partial charge >= 0.3 is 0 Å². The quantitative estimate of drug-likeness (QED) is 0.744. The van der Waals surface area contributed by atoms with Crippen LogP contribution in [0, 0.1) is 0 Å². The number of piperazine rings is 1. The van der Waals surface area contributed by atoms with Crippen molar-refractivity contribution in [3.63, 3.8) is 0 Å². The average Bonchev–Trinajstić information content (AvgIpc) is 2.50. The lowest BCUT2D eigenvalue weighted by Crippen LogP contribution is -2.60. The minimum absolute atomic E-state index is 0.0223. The van der Waals surface area contributed by atoms with Gasteiger partial charge in [-0.05, 0) is 26.2 Å². The average molecular weight is 295 g/mol. The van der Waals surface area contributed by atoms with Crippen molar-refractivity contribution < 1.29 is 14.4 Å². The van der Waals surface area contributed by atoms with Gasteiger partial charge in [-0.1, -0.05) is 6.92 Å². The summed E-state index contributed by atoms with van der Waals surface area (Å²) in [6.45, 7) is 5.09. The van der Waals surface area contributed by atoms with Crippen molar-refractivity contribution in [1.82, 2.24) is 14.7 Å². The third kappa shape index (κ3) is 3.19. The van der Waals surface area contributed by atoms with Crippen molar-refractivity contribution in [2.45, 2.75) is 51.6 Å². The summed E-state index contributed by atoms with van der Waals surface area (Å²) in [5, 5.41) is 0. The van der Waals surface area contributed by atoms with Gasteiger partial charge in [0.25, 0.3) is 0 Å². The minimum Gasteiger partial charge on any atom is -0.340 e. The molecule has 118 valence electrons. The van der Waals surface area contributed by atoms with E-state index in [0.29, 0.717) is 25.9 Å². The number of rotatable bonds is 2. The van der Waals surface area contributed by atoms with E-state index in [9.17, 15) is 14.4 Å². The van der Waals surface area contributed by atoms with E-state index >= 15 is 0 Å². The fraction of sp³-hybridized carbons (Fsp3) is 0.800. The highest BCUT2D eigenvalue weighted by Gasteiger charge is 2.37. The zero-order valence-corrected chi connectivity index (χ0v) is 13.2. The Hall–Kier alpha value is -1.59. The van der Waals surface area contributed by atoms with Crippen LogP contribution in [-0.4, -0.2) is 71.2 Å². The first-order valence-corrected chi connectivity index (χ1v) is 7.79. The van der Waals surface area contributed by atoms with Crippen molar-refractivity contribution in [2.75, 3.05) is 26.7 Å². The molecular weight excluding hydrogens is 270 g/mol. The second-order valence-electron chi connectivity index (χ2n) is 6.02. The van der Waals surface area contributed by atoms with Gasteiger partial charge < -0.3 is 14.7 Å². The summed E-state index contributed by atoms with van der Waals surface area (Å²) in [6.07, 6.45) is 3.04. The maximum absolute atomic E-state index is 12.7. The van der Waals surface area contributed by atoms with E-state index in [1.807, 2.05) is 13.8 Å². The molecule has 2 heterocycles. The lowest BCUT2D eigenvalue weighted by molar-refractivity contribution is -0.154. The summed E-state index contributed by atoms with van der Waals surface area (Å²) in [4.78, 5) is 41.7. The Morgan fingerprint density at radius 2 is 2.00 bits per heavy atom. The van der Waals surface area contributed by atoms with Crippen LogP contribution in [0.4, 0.5) is 0 Å². The van der Waals surface area contributed by atoms with Crippen LogP contribution in [0.25, 0.3) is 0 Å². The highest BCUT2D eigenvalue weighted by molar-refractivity contribution is 5.91. The Morgan fingerprint density at radius 3 is 2.62 bits per heavy atom. The van der Waals surface area contributed by atoms with Gasteiger partial charge in [-0.3, -0.25) is 14.4 Å². The summed E-state index contributed by atoms with van der Waals surface area (Å²) in [6, 6.07) is -0.358. The summed E-state index contributed by atoms with van der Waals surface area (Å²) in [7, 11) is 1.77. The Bertz CT molecular complexity index is 438. The third-order valence-electron chi connectivity index (χ3n) is 4.59. The van der Waals surface area contributed by atoms with Gasteiger partial charge in [0.15, 0.2) is 0 Å². The van der Waals surface area contributed by atoms with Crippen LogP contribution in [0.2, 0.25) is 0 Å². The van der Waals surface area contributed by atoms with E-state index in [-0.39, 0.29) is 36.3 Å². The molecule has 0 unspecified atom stereocenters. The van der Waals surface area contributed by atoms with Crippen molar-refractivity contribution in [3.05, 3.63) is 0 Å². The third-order valence-corrected chi connectivity index (χ3v) is 4.59. The van der Waals surface area contributed by atoms with Crippen LogP contribution in [0.3, 0.4) is 0 Å². The van der Waals surface area contributed by atoms with Gasteiger partial charge in [-0.15, -0.1) is 0 Å². The molecule has 3 amide bonds. The maximum atomic E-state index is 12.7. The number of likely N-dealkylation sites (N-methyl/N-ethyl adjacent to an activating group) is 1. The van der Waals surface area contributed by atoms with E-state index in [2.05, 4.69) is 0 Å². The molecule has 0 bridgehead atoms. The first-order valence-electron chi connectivity index (χ1n) is 7.79. The number of hydrogen-bond donors (Lipinski definition) is 0. The number of amides is 3. The fourth-order valence-electron chi connectivity index (χ4n) is 3.10. The van der Waals surface area contributed by atoms with Crippen LogP contribution in [0.5, 0.6) is 0 Å². The molecule has 2 aliphatic heterocycles. The van der Waals surface area contributed by atoms with Crippen LogP contribution in [-0.2, 0) is 14.4 Å². The van der Waals surface area contributed by atoms with E-state index in [1.54, 1.807) is 21.7 Å². The zero-order chi connectivity index (χ0) is 15.6. The predicted molar refractivity (Wildman–Crippen MR) is 78.5 cm³/mol. The molecule has 21 heavy (non-hydrogen) atoms. The summed E-state index contributed by atoms with van der Waals surface area (Å²) in [5.74, 6) is -0.0716. The number of nitrogens with zero attached hydrogens (tertiary/aromatic N) is 3. The molecule has 0 N–H and O–H groups in total. The molecule has 2 atom stereocenters. The van der Waals surface area contributed by atoms with Gasteiger partial charge in [-0.2, -0.15) is 0 Å². The molecule has 0 saturated carbocycles. The standard InChI is InChI=1S/C15H25N3O3/c1-4-13(19)18-8-6-5-7-12(18)15(21)17-9-11(2)16(3)14(20)10-17/h11-12H,4-10H2,1-3H3/t11-,12-/m1/s1. The van der Waals surface area contributed by atoms with Crippen molar-refractivity contribution in [1.29, 1.82) is 0 Å². The van der Waals surface area contributed by atoms with E-state index in [1.165, 1.54) is 0 Å². The molecule has 6 nitrogen and oxygen atoms in total. The topological polar surface area (TPSA) is 60.9 Å².